The molecular weight excluding hydrogens is 388 g/mol. The summed E-state index contributed by atoms with van der Waals surface area (Å²) in [5, 5.41) is 8.07. The summed E-state index contributed by atoms with van der Waals surface area (Å²) in [6.45, 7) is 0.584. The van der Waals surface area contributed by atoms with Crippen LogP contribution < -0.4 is 16.0 Å². The summed E-state index contributed by atoms with van der Waals surface area (Å²) in [5.74, 6) is -1.39. The van der Waals surface area contributed by atoms with Gasteiger partial charge in [0.1, 0.15) is 6.04 Å². The smallest absolute Gasteiger partial charge is 0.337 e. The predicted molar refractivity (Wildman–Crippen MR) is 110 cm³/mol. The number of anilines is 2. The summed E-state index contributed by atoms with van der Waals surface area (Å²) in [7, 11) is 1.27. The van der Waals surface area contributed by atoms with Crippen molar-refractivity contribution in [3.8, 4) is 0 Å². The van der Waals surface area contributed by atoms with Gasteiger partial charge in [-0.15, -0.1) is 0 Å². The molecule has 0 spiro atoms. The first-order chi connectivity index (χ1) is 14.5. The van der Waals surface area contributed by atoms with Crippen LogP contribution in [0.4, 0.5) is 16.2 Å². The molecule has 9 heteroatoms. The van der Waals surface area contributed by atoms with Crippen molar-refractivity contribution < 1.29 is 23.9 Å². The highest BCUT2D eigenvalue weighted by Gasteiger charge is 2.34. The normalized spacial score (nSPS) is 15.7. The number of hydrogen-bond acceptors (Lipinski definition) is 5. The molecule has 3 rings (SSSR count). The maximum absolute atomic E-state index is 12.7. The van der Waals surface area contributed by atoms with Crippen LogP contribution in [0.1, 0.15) is 16.8 Å². The van der Waals surface area contributed by atoms with E-state index in [0.717, 1.165) is 0 Å². The zero-order valence-corrected chi connectivity index (χ0v) is 16.4. The summed E-state index contributed by atoms with van der Waals surface area (Å²) in [6.07, 6.45) is -0.226. The number of esters is 1. The molecule has 4 amide bonds. The molecule has 156 valence electrons. The number of ether oxygens (including phenoxy) is 1. The van der Waals surface area contributed by atoms with E-state index in [-0.39, 0.29) is 18.5 Å². The molecule has 1 aliphatic heterocycles. The van der Waals surface area contributed by atoms with Crippen LogP contribution in [-0.4, -0.2) is 55.0 Å². The average Bonchev–Trinajstić information content (AvgIpc) is 2.75. The zero-order valence-electron chi connectivity index (χ0n) is 16.4. The molecule has 0 unspecified atom stereocenters. The first kappa shape index (κ1) is 20.8. The quantitative estimate of drug-likeness (QED) is 0.651. The fourth-order valence-electron chi connectivity index (χ4n) is 3.11. The van der Waals surface area contributed by atoms with E-state index >= 15 is 0 Å². The van der Waals surface area contributed by atoms with Gasteiger partial charge in [0.25, 0.3) is 0 Å². The van der Waals surface area contributed by atoms with Gasteiger partial charge >= 0.3 is 12.0 Å². The largest absolute Gasteiger partial charge is 0.465 e. The number of carbonyl (C=O) groups is 4. The van der Waals surface area contributed by atoms with Crippen LogP contribution >= 0.6 is 0 Å². The van der Waals surface area contributed by atoms with E-state index in [1.807, 2.05) is 6.07 Å². The van der Waals surface area contributed by atoms with E-state index in [1.54, 1.807) is 42.5 Å². The van der Waals surface area contributed by atoms with Crippen molar-refractivity contribution in [3.05, 3.63) is 60.2 Å². The molecule has 0 bridgehead atoms. The van der Waals surface area contributed by atoms with Crippen molar-refractivity contribution in [1.82, 2.24) is 10.2 Å². The number of urea groups is 1. The monoisotopic (exact) mass is 410 g/mol. The molecule has 2 aromatic rings. The predicted octanol–water partition coefficient (Wildman–Crippen LogP) is 1.83. The first-order valence-corrected chi connectivity index (χ1v) is 9.36. The van der Waals surface area contributed by atoms with Crippen molar-refractivity contribution in [2.45, 2.75) is 12.5 Å². The minimum Gasteiger partial charge on any atom is -0.465 e. The molecule has 9 nitrogen and oxygen atoms in total. The van der Waals surface area contributed by atoms with Gasteiger partial charge in [0.05, 0.1) is 19.1 Å². The second kappa shape index (κ2) is 9.55. The lowest BCUT2D eigenvalue weighted by Crippen LogP contribution is -2.59. The number of methoxy groups -OCH3 is 1. The summed E-state index contributed by atoms with van der Waals surface area (Å²) in [6, 6.07) is 13.7. The maximum Gasteiger partial charge on any atom is 0.337 e. The Morgan fingerprint density at radius 1 is 1.07 bits per heavy atom. The number of hydrogen-bond donors (Lipinski definition) is 3. The standard InChI is InChI=1S/C21H22N4O5/c1-30-20(28)14-6-5-9-16(12-14)23-18(26)13-17-19(27)22-10-11-25(17)21(29)24-15-7-3-2-4-8-15/h2-9,12,17H,10-11,13H2,1H3,(H,22,27)(H,23,26)(H,24,29)/t17-/m1/s1. The van der Waals surface area contributed by atoms with Gasteiger partial charge in [-0.05, 0) is 30.3 Å². The third kappa shape index (κ3) is 5.13. The highest BCUT2D eigenvalue weighted by molar-refractivity contribution is 6.00. The Hall–Kier alpha value is -3.88. The minimum absolute atomic E-state index is 0.226. The van der Waals surface area contributed by atoms with Gasteiger partial charge in [-0.3, -0.25) is 9.59 Å². The molecule has 2 aromatic carbocycles. The average molecular weight is 410 g/mol. The number of nitrogens with zero attached hydrogens (tertiary/aromatic N) is 1. The Labute approximate surface area is 173 Å². The Bertz CT molecular complexity index is 947. The van der Waals surface area contributed by atoms with Crippen LogP contribution in [0.2, 0.25) is 0 Å². The van der Waals surface area contributed by atoms with Gasteiger partial charge in [0.15, 0.2) is 0 Å². The van der Waals surface area contributed by atoms with Gasteiger partial charge in [0.2, 0.25) is 11.8 Å². The van der Waals surface area contributed by atoms with Crippen molar-refractivity contribution in [2.75, 3.05) is 30.8 Å². The van der Waals surface area contributed by atoms with Gasteiger partial charge in [-0.2, -0.15) is 0 Å². The third-order valence-electron chi connectivity index (χ3n) is 4.56. The molecule has 0 radical (unpaired) electrons. The molecule has 1 fully saturated rings. The number of nitrogens with one attached hydrogen (secondary N) is 3. The minimum atomic E-state index is -0.953. The molecular formula is C21H22N4O5. The van der Waals surface area contributed by atoms with E-state index < -0.39 is 29.9 Å². The lowest BCUT2D eigenvalue weighted by atomic mass is 10.1. The SMILES string of the molecule is COC(=O)c1cccc(NC(=O)C[C@@H]2C(=O)NCCN2C(=O)Nc2ccccc2)c1. The van der Waals surface area contributed by atoms with E-state index in [4.69, 9.17) is 0 Å². The number of para-hydroxylation sites is 1. The van der Waals surface area contributed by atoms with Crippen LogP contribution in [0.25, 0.3) is 0 Å². The van der Waals surface area contributed by atoms with Gasteiger partial charge in [0, 0.05) is 24.5 Å². The molecule has 3 N–H and O–H groups in total. The van der Waals surface area contributed by atoms with Crippen LogP contribution in [-0.2, 0) is 14.3 Å². The van der Waals surface area contributed by atoms with Gasteiger partial charge in [-0.25, -0.2) is 9.59 Å². The number of amides is 4. The molecule has 30 heavy (non-hydrogen) atoms. The van der Waals surface area contributed by atoms with Crippen LogP contribution in [0.3, 0.4) is 0 Å². The summed E-state index contributed by atoms with van der Waals surface area (Å²) >= 11 is 0. The Morgan fingerprint density at radius 2 is 1.80 bits per heavy atom. The number of piperazine rings is 1. The summed E-state index contributed by atoms with van der Waals surface area (Å²) in [4.78, 5) is 50.5. The lowest BCUT2D eigenvalue weighted by molar-refractivity contribution is -0.130. The first-order valence-electron chi connectivity index (χ1n) is 9.36. The second-order valence-electron chi connectivity index (χ2n) is 6.62. The molecule has 1 aliphatic rings. The number of benzene rings is 2. The Kier molecular flexibility index (Phi) is 6.63. The maximum atomic E-state index is 12.7. The molecule has 1 heterocycles. The molecule has 1 atom stereocenters. The highest BCUT2D eigenvalue weighted by Crippen LogP contribution is 2.16. The zero-order chi connectivity index (χ0) is 21.5. The summed E-state index contributed by atoms with van der Waals surface area (Å²) in [5.41, 5.74) is 1.27. The van der Waals surface area contributed by atoms with E-state index in [9.17, 15) is 19.2 Å². The van der Waals surface area contributed by atoms with Crippen molar-refractivity contribution >= 4 is 35.2 Å². The third-order valence-corrected chi connectivity index (χ3v) is 4.56. The topological polar surface area (TPSA) is 117 Å². The van der Waals surface area contributed by atoms with Crippen molar-refractivity contribution in [1.29, 1.82) is 0 Å². The molecule has 0 saturated carbocycles. The van der Waals surface area contributed by atoms with Crippen LogP contribution in [0.15, 0.2) is 54.6 Å². The molecule has 1 saturated heterocycles. The number of carbonyl (C=O) groups excluding carboxylic acids is 4. The molecule has 0 aromatic heterocycles. The van der Waals surface area contributed by atoms with Gasteiger partial charge < -0.3 is 25.6 Å². The lowest BCUT2D eigenvalue weighted by Gasteiger charge is -2.34. The van der Waals surface area contributed by atoms with E-state index in [1.165, 1.54) is 18.1 Å². The number of rotatable bonds is 5. The Morgan fingerprint density at radius 3 is 2.53 bits per heavy atom. The Balaban J connectivity index is 1.67. The van der Waals surface area contributed by atoms with Crippen LogP contribution in [0.5, 0.6) is 0 Å². The second-order valence-corrected chi connectivity index (χ2v) is 6.62. The fourth-order valence-corrected chi connectivity index (χ4v) is 3.11. The molecule has 0 aliphatic carbocycles. The van der Waals surface area contributed by atoms with E-state index in [0.29, 0.717) is 17.9 Å². The van der Waals surface area contributed by atoms with Gasteiger partial charge in [-0.1, -0.05) is 24.3 Å². The fraction of sp³-hybridized carbons (Fsp3) is 0.238. The highest BCUT2D eigenvalue weighted by atomic mass is 16.5. The van der Waals surface area contributed by atoms with E-state index in [2.05, 4.69) is 20.7 Å². The summed E-state index contributed by atoms with van der Waals surface area (Å²) < 4.78 is 4.67. The van der Waals surface area contributed by atoms with Crippen molar-refractivity contribution in [3.63, 3.8) is 0 Å². The van der Waals surface area contributed by atoms with Crippen LogP contribution in [0, 0.1) is 0 Å². The van der Waals surface area contributed by atoms with Crippen molar-refractivity contribution in [2.24, 2.45) is 0 Å².